The number of carbonyl (C=O) groups is 2. The van der Waals surface area contributed by atoms with Crippen LogP contribution in [0.2, 0.25) is 0 Å². The first kappa shape index (κ1) is 26.2. The summed E-state index contributed by atoms with van der Waals surface area (Å²) in [6.07, 6.45) is 1.47. The zero-order chi connectivity index (χ0) is 26.9. The second kappa shape index (κ2) is 12.4. The van der Waals surface area contributed by atoms with Crippen LogP contribution in [-0.2, 0) is 9.59 Å². The third-order valence-corrected chi connectivity index (χ3v) is 6.11. The summed E-state index contributed by atoms with van der Waals surface area (Å²) in [6.45, 7) is 1.99. The molecule has 0 radical (unpaired) electrons. The number of para-hydroxylation sites is 1. The van der Waals surface area contributed by atoms with Crippen molar-refractivity contribution in [1.82, 2.24) is 4.98 Å². The predicted molar refractivity (Wildman–Crippen MR) is 147 cm³/mol. The molecule has 4 aromatic rings. The number of aromatic nitrogens is 1. The molecule has 0 bridgehead atoms. The Labute approximate surface area is 223 Å². The largest absolute Gasteiger partial charge is 0.493 e. The van der Waals surface area contributed by atoms with Gasteiger partial charge < -0.3 is 19.5 Å². The quantitative estimate of drug-likeness (QED) is 0.163. The molecule has 1 aromatic heterocycles. The van der Waals surface area contributed by atoms with Gasteiger partial charge in [0.1, 0.15) is 30.6 Å². The average molecular weight is 529 g/mol. The fraction of sp³-hybridized carbons (Fsp3) is 0.143. The third kappa shape index (κ3) is 6.87. The molecule has 1 heterocycles. The van der Waals surface area contributed by atoms with Crippen molar-refractivity contribution in [2.24, 2.45) is 0 Å². The fourth-order valence-corrected chi connectivity index (χ4v) is 4.31. The van der Waals surface area contributed by atoms with Gasteiger partial charge in [0, 0.05) is 12.6 Å². The summed E-state index contributed by atoms with van der Waals surface area (Å²) in [5, 5.41) is 15.4. The van der Waals surface area contributed by atoms with Crippen molar-refractivity contribution in [2.45, 2.75) is 6.92 Å². The van der Waals surface area contributed by atoms with E-state index >= 15 is 0 Å². The van der Waals surface area contributed by atoms with E-state index in [1.807, 2.05) is 30.3 Å². The van der Waals surface area contributed by atoms with Crippen LogP contribution in [0, 0.1) is 11.3 Å². The number of ether oxygens (including phenoxy) is 3. The summed E-state index contributed by atoms with van der Waals surface area (Å²) < 4.78 is 17.8. The van der Waals surface area contributed by atoms with Crippen molar-refractivity contribution < 1.29 is 23.8 Å². The van der Waals surface area contributed by atoms with E-state index in [1.165, 1.54) is 31.4 Å². The third-order valence-electron chi connectivity index (χ3n) is 5.16. The number of hydrogen-bond donors (Lipinski definition) is 2. The number of nitrogens with one attached hydrogen (secondary N) is 2. The lowest BCUT2D eigenvalue weighted by Gasteiger charge is -2.12. The molecule has 0 fully saturated rings. The molecule has 0 unspecified atom stereocenters. The first-order valence-electron chi connectivity index (χ1n) is 11.5. The number of nitriles is 1. The molecule has 0 aliphatic carbocycles. The van der Waals surface area contributed by atoms with Crippen LogP contribution in [0.4, 0.5) is 10.8 Å². The summed E-state index contributed by atoms with van der Waals surface area (Å²) in [6, 6.07) is 21.6. The predicted octanol–water partition coefficient (Wildman–Crippen LogP) is 5.27. The summed E-state index contributed by atoms with van der Waals surface area (Å²) in [5.74, 6) is 0.893. The minimum Gasteiger partial charge on any atom is -0.493 e. The maximum absolute atomic E-state index is 12.7. The summed E-state index contributed by atoms with van der Waals surface area (Å²) in [7, 11) is 1.51. The van der Waals surface area contributed by atoms with Gasteiger partial charge in [-0.1, -0.05) is 29.5 Å². The first-order chi connectivity index (χ1) is 18.4. The van der Waals surface area contributed by atoms with E-state index in [9.17, 15) is 14.9 Å². The molecule has 0 atom stereocenters. The van der Waals surface area contributed by atoms with Crippen LogP contribution in [0.3, 0.4) is 0 Å². The lowest BCUT2D eigenvalue weighted by atomic mass is 10.1. The first-order valence-corrected chi connectivity index (χ1v) is 12.4. The minimum absolute atomic E-state index is 0.0714. The van der Waals surface area contributed by atoms with Gasteiger partial charge in [0.05, 0.1) is 17.3 Å². The van der Waals surface area contributed by atoms with E-state index in [0.717, 1.165) is 10.2 Å². The zero-order valence-corrected chi connectivity index (χ0v) is 21.5. The highest BCUT2D eigenvalue weighted by atomic mass is 32.1. The number of methoxy groups -OCH3 is 1. The molecule has 2 N–H and O–H groups in total. The molecule has 0 aliphatic heterocycles. The highest BCUT2D eigenvalue weighted by molar-refractivity contribution is 7.22. The van der Waals surface area contributed by atoms with E-state index in [4.69, 9.17) is 14.2 Å². The van der Waals surface area contributed by atoms with Crippen molar-refractivity contribution in [2.75, 3.05) is 31.0 Å². The van der Waals surface area contributed by atoms with Gasteiger partial charge in [-0.25, -0.2) is 4.98 Å². The second-order valence-electron chi connectivity index (χ2n) is 7.92. The molecule has 0 aliphatic rings. The Balaban J connectivity index is 1.35. The Bertz CT molecular complexity index is 1490. The molecular weight excluding hydrogens is 504 g/mol. The van der Waals surface area contributed by atoms with Crippen LogP contribution in [0.15, 0.2) is 72.3 Å². The zero-order valence-electron chi connectivity index (χ0n) is 20.7. The molecule has 192 valence electrons. The van der Waals surface area contributed by atoms with Gasteiger partial charge in [-0.3, -0.25) is 14.9 Å². The number of thiazole rings is 1. The summed E-state index contributed by atoms with van der Waals surface area (Å²) >= 11 is 1.34. The Hall–Kier alpha value is -4.88. The number of amides is 2. The smallest absolute Gasteiger partial charge is 0.268 e. The lowest BCUT2D eigenvalue weighted by Crippen LogP contribution is -2.13. The molecule has 10 heteroatoms. The minimum atomic E-state index is -0.548. The number of rotatable bonds is 10. The average Bonchev–Trinajstić information content (AvgIpc) is 3.33. The SMILES string of the molecule is COc1cc(/C=C(\C#N)C(=O)Nc2nc3ccccc3s2)ccc1OCCOc1ccc(NC(C)=O)cc1. The van der Waals surface area contributed by atoms with Gasteiger partial charge >= 0.3 is 0 Å². The molecule has 0 saturated carbocycles. The van der Waals surface area contributed by atoms with E-state index in [1.54, 1.807) is 42.5 Å². The van der Waals surface area contributed by atoms with Gasteiger partial charge in [0.25, 0.3) is 5.91 Å². The van der Waals surface area contributed by atoms with Crippen molar-refractivity contribution in [3.05, 3.63) is 77.9 Å². The highest BCUT2D eigenvalue weighted by Gasteiger charge is 2.13. The Kier molecular flexibility index (Phi) is 8.53. The molecule has 2 amide bonds. The topological polar surface area (TPSA) is 123 Å². The monoisotopic (exact) mass is 528 g/mol. The fourth-order valence-electron chi connectivity index (χ4n) is 3.45. The number of anilines is 2. The Morgan fingerprint density at radius 3 is 2.47 bits per heavy atom. The van der Waals surface area contributed by atoms with Crippen molar-refractivity contribution in [3.8, 4) is 23.3 Å². The normalized spacial score (nSPS) is 10.9. The number of benzene rings is 3. The molecule has 0 saturated heterocycles. The van der Waals surface area contributed by atoms with Crippen LogP contribution in [-0.4, -0.2) is 37.1 Å². The van der Waals surface area contributed by atoms with Crippen LogP contribution in [0.1, 0.15) is 12.5 Å². The second-order valence-corrected chi connectivity index (χ2v) is 8.95. The Morgan fingerprint density at radius 2 is 1.76 bits per heavy atom. The summed E-state index contributed by atoms with van der Waals surface area (Å²) in [5.41, 5.74) is 1.99. The maximum Gasteiger partial charge on any atom is 0.268 e. The van der Waals surface area contributed by atoms with Gasteiger partial charge in [-0.05, 0) is 60.2 Å². The molecular formula is C28H24N4O5S. The van der Waals surface area contributed by atoms with E-state index in [2.05, 4.69) is 15.6 Å². The van der Waals surface area contributed by atoms with Crippen molar-refractivity contribution in [1.29, 1.82) is 5.26 Å². The van der Waals surface area contributed by atoms with Gasteiger partial charge in [0.2, 0.25) is 5.91 Å². The van der Waals surface area contributed by atoms with Gasteiger partial charge in [0.15, 0.2) is 16.6 Å². The highest BCUT2D eigenvalue weighted by Crippen LogP contribution is 2.30. The number of hydrogen-bond acceptors (Lipinski definition) is 8. The van der Waals surface area contributed by atoms with E-state index < -0.39 is 5.91 Å². The molecule has 3 aromatic carbocycles. The molecule has 9 nitrogen and oxygen atoms in total. The van der Waals surface area contributed by atoms with Crippen LogP contribution >= 0.6 is 11.3 Å². The maximum atomic E-state index is 12.7. The van der Waals surface area contributed by atoms with Crippen LogP contribution in [0.25, 0.3) is 16.3 Å². The van der Waals surface area contributed by atoms with E-state index in [0.29, 0.717) is 33.6 Å². The number of nitrogens with zero attached hydrogens (tertiary/aromatic N) is 2. The molecule has 38 heavy (non-hydrogen) atoms. The van der Waals surface area contributed by atoms with Crippen molar-refractivity contribution in [3.63, 3.8) is 0 Å². The van der Waals surface area contributed by atoms with Crippen LogP contribution < -0.4 is 24.8 Å². The van der Waals surface area contributed by atoms with Gasteiger partial charge in [-0.15, -0.1) is 0 Å². The Morgan fingerprint density at radius 1 is 1.00 bits per heavy atom. The standard InChI is InChI=1S/C28H24N4O5S/c1-18(33)30-21-8-10-22(11-9-21)36-13-14-37-24-12-7-19(16-25(24)35-2)15-20(17-29)27(34)32-28-31-23-5-3-4-6-26(23)38-28/h3-12,15-16H,13-14H2,1-2H3,(H,30,33)(H,31,32,34)/b20-15+. The number of carbonyl (C=O) groups excluding carboxylic acids is 2. The van der Waals surface area contributed by atoms with Crippen LogP contribution in [0.5, 0.6) is 17.2 Å². The number of fused-ring (bicyclic) bond motifs is 1. The molecule has 4 rings (SSSR count). The lowest BCUT2D eigenvalue weighted by molar-refractivity contribution is -0.114. The summed E-state index contributed by atoms with van der Waals surface area (Å²) in [4.78, 5) is 28.2. The van der Waals surface area contributed by atoms with E-state index in [-0.39, 0.29) is 24.7 Å². The van der Waals surface area contributed by atoms with Gasteiger partial charge in [-0.2, -0.15) is 5.26 Å². The molecule has 0 spiro atoms. The van der Waals surface area contributed by atoms with Crippen molar-refractivity contribution >= 4 is 50.3 Å².